The van der Waals surface area contributed by atoms with E-state index in [-0.39, 0.29) is 5.69 Å². The fraction of sp³-hybridized carbons (Fsp3) is 0.105. The number of anilines is 1. The van der Waals surface area contributed by atoms with Gasteiger partial charge in [-0.25, -0.2) is 4.79 Å². The van der Waals surface area contributed by atoms with Gasteiger partial charge in [-0.15, -0.1) is 10.2 Å². The van der Waals surface area contributed by atoms with Crippen LogP contribution in [-0.4, -0.2) is 21.3 Å². The van der Waals surface area contributed by atoms with Crippen molar-refractivity contribution in [3.63, 3.8) is 0 Å². The maximum Gasteiger partial charge on any atom is 0.356 e. The smallest absolute Gasteiger partial charge is 0.356 e. The van der Waals surface area contributed by atoms with Crippen LogP contribution in [0.25, 0.3) is 0 Å². The Balaban J connectivity index is 1.68. The maximum atomic E-state index is 10.8. The lowest BCUT2D eigenvalue weighted by atomic mass is 10.2. The third-order valence-corrected chi connectivity index (χ3v) is 4.10. The predicted octanol–water partition coefficient (Wildman–Crippen LogP) is 4.13. The number of ether oxygens (including phenoxy) is 1. The molecule has 7 heteroatoms. The molecular formula is C19H16BrN3O3. The maximum absolute atomic E-state index is 10.8. The van der Waals surface area contributed by atoms with Crippen LogP contribution in [0.15, 0.2) is 65.1 Å². The van der Waals surface area contributed by atoms with Gasteiger partial charge < -0.3 is 15.2 Å². The molecule has 3 aromatic rings. The van der Waals surface area contributed by atoms with Crippen LogP contribution < -0.4 is 10.1 Å². The molecule has 2 aromatic carbocycles. The van der Waals surface area contributed by atoms with Crippen LogP contribution in [0, 0.1) is 0 Å². The van der Waals surface area contributed by atoms with Crippen LogP contribution in [0.3, 0.4) is 0 Å². The average Bonchev–Trinajstić information content (AvgIpc) is 2.66. The van der Waals surface area contributed by atoms with Crippen molar-refractivity contribution in [2.24, 2.45) is 0 Å². The van der Waals surface area contributed by atoms with E-state index in [0.29, 0.717) is 19.0 Å². The minimum absolute atomic E-state index is 0.0927. The van der Waals surface area contributed by atoms with Crippen LogP contribution in [0.5, 0.6) is 5.75 Å². The van der Waals surface area contributed by atoms with E-state index >= 15 is 0 Å². The zero-order valence-corrected chi connectivity index (χ0v) is 15.3. The average molecular weight is 414 g/mol. The Morgan fingerprint density at radius 2 is 1.88 bits per heavy atom. The molecule has 0 amide bonds. The van der Waals surface area contributed by atoms with Crippen molar-refractivity contribution in [2.75, 3.05) is 5.32 Å². The van der Waals surface area contributed by atoms with Gasteiger partial charge in [0.2, 0.25) is 0 Å². The second-order valence-electron chi connectivity index (χ2n) is 5.49. The van der Waals surface area contributed by atoms with Crippen LogP contribution in [0.4, 0.5) is 5.82 Å². The van der Waals surface area contributed by atoms with Crippen LogP contribution in [-0.2, 0) is 13.2 Å². The van der Waals surface area contributed by atoms with E-state index in [9.17, 15) is 4.79 Å². The number of carbonyl (C=O) groups is 1. The second-order valence-corrected chi connectivity index (χ2v) is 6.40. The van der Waals surface area contributed by atoms with Gasteiger partial charge in [-0.3, -0.25) is 0 Å². The van der Waals surface area contributed by atoms with Crippen molar-refractivity contribution < 1.29 is 14.6 Å². The van der Waals surface area contributed by atoms with Gasteiger partial charge in [0, 0.05) is 16.6 Å². The summed E-state index contributed by atoms with van der Waals surface area (Å²) in [4.78, 5) is 10.8. The van der Waals surface area contributed by atoms with Crippen molar-refractivity contribution in [3.8, 4) is 5.75 Å². The molecule has 132 valence electrons. The fourth-order valence-electron chi connectivity index (χ4n) is 2.29. The Labute approximate surface area is 159 Å². The summed E-state index contributed by atoms with van der Waals surface area (Å²) in [6.07, 6.45) is 0. The summed E-state index contributed by atoms with van der Waals surface area (Å²) < 4.78 is 6.88. The summed E-state index contributed by atoms with van der Waals surface area (Å²) >= 11 is 3.47. The molecule has 2 N–H and O–H groups in total. The van der Waals surface area contributed by atoms with Gasteiger partial charge in [-0.1, -0.05) is 46.3 Å². The Morgan fingerprint density at radius 3 is 2.58 bits per heavy atom. The summed E-state index contributed by atoms with van der Waals surface area (Å²) in [5.74, 6) is 0.149. The minimum Gasteiger partial charge on any atom is -0.489 e. The molecule has 0 aliphatic carbocycles. The number of aromatic nitrogens is 2. The molecule has 3 rings (SSSR count). The number of benzene rings is 2. The third-order valence-electron chi connectivity index (χ3n) is 3.60. The number of nitrogens with zero attached hydrogens (tertiary/aromatic N) is 2. The number of hydrogen-bond acceptors (Lipinski definition) is 5. The van der Waals surface area contributed by atoms with Gasteiger partial charge >= 0.3 is 5.97 Å². The topological polar surface area (TPSA) is 84.3 Å². The molecule has 0 atom stereocenters. The first-order chi connectivity index (χ1) is 12.6. The highest BCUT2D eigenvalue weighted by Gasteiger charge is 2.08. The molecule has 26 heavy (non-hydrogen) atoms. The molecule has 1 aromatic heterocycles. The molecule has 0 radical (unpaired) electrons. The zero-order chi connectivity index (χ0) is 18.4. The summed E-state index contributed by atoms with van der Waals surface area (Å²) in [5, 5.41) is 19.5. The largest absolute Gasteiger partial charge is 0.489 e. The van der Waals surface area contributed by atoms with Gasteiger partial charge in [-0.2, -0.15) is 0 Å². The molecular weight excluding hydrogens is 398 g/mol. The Hall–Kier alpha value is -2.93. The lowest BCUT2D eigenvalue weighted by Crippen LogP contribution is -2.07. The molecule has 0 saturated carbocycles. The monoisotopic (exact) mass is 413 g/mol. The number of carboxylic acid groups (broad SMARTS) is 1. The van der Waals surface area contributed by atoms with E-state index in [1.165, 1.54) is 6.07 Å². The molecule has 0 spiro atoms. The van der Waals surface area contributed by atoms with Crippen molar-refractivity contribution in [3.05, 3.63) is 82.0 Å². The van der Waals surface area contributed by atoms with Gasteiger partial charge in [0.25, 0.3) is 0 Å². The Bertz CT molecular complexity index is 886. The number of rotatable bonds is 7. The summed E-state index contributed by atoms with van der Waals surface area (Å²) in [6.45, 7) is 0.938. The number of carboxylic acids is 1. The lowest BCUT2D eigenvalue weighted by Gasteiger charge is -2.13. The SMILES string of the molecule is O=C(O)c1ccc(NCc2cc(Br)ccc2OCc2ccccc2)nn1. The predicted molar refractivity (Wildman–Crippen MR) is 101 cm³/mol. The van der Waals surface area contributed by atoms with Crippen molar-refractivity contribution in [1.82, 2.24) is 10.2 Å². The van der Waals surface area contributed by atoms with Gasteiger partial charge in [0.05, 0.1) is 0 Å². The van der Waals surface area contributed by atoms with E-state index in [1.807, 2.05) is 48.5 Å². The minimum atomic E-state index is -1.10. The number of hydrogen-bond donors (Lipinski definition) is 2. The van der Waals surface area contributed by atoms with E-state index in [2.05, 4.69) is 31.4 Å². The molecule has 1 heterocycles. The molecule has 0 aliphatic rings. The Kier molecular flexibility index (Phi) is 5.80. The molecule has 0 saturated heterocycles. The van der Waals surface area contributed by atoms with Crippen molar-refractivity contribution in [1.29, 1.82) is 0 Å². The van der Waals surface area contributed by atoms with Gasteiger partial charge in [-0.05, 0) is 35.9 Å². The second kappa shape index (κ2) is 8.44. The highest BCUT2D eigenvalue weighted by atomic mass is 79.9. The molecule has 6 nitrogen and oxygen atoms in total. The number of halogens is 1. The fourth-order valence-corrected chi connectivity index (χ4v) is 2.70. The quantitative estimate of drug-likeness (QED) is 0.605. The molecule has 0 aliphatic heterocycles. The first kappa shape index (κ1) is 17.9. The van der Waals surface area contributed by atoms with E-state index < -0.39 is 5.97 Å². The van der Waals surface area contributed by atoms with E-state index in [4.69, 9.17) is 9.84 Å². The van der Waals surface area contributed by atoms with Crippen LogP contribution in [0.1, 0.15) is 21.6 Å². The molecule has 0 bridgehead atoms. The van der Waals surface area contributed by atoms with E-state index in [1.54, 1.807) is 6.07 Å². The van der Waals surface area contributed by atoms with Gasteiger partial charge in [0.15, 0.2) is 5.69 Å². The first-order valence-electron chi connectivity index (χ1n) is 7.88. The van der Waals surface area contributed by atoms with Crippen molar-refractivity contribution >= 4 is 27.7 Å². The van der Waals surface area contributed by atoms with Crippen molar-refractivity contribution in [2.45, 2.75) is 13.2 Å². The van der Waals surface area contributed by atoms with Gasteiger partial charge in [0.1, 0.15) is 18.2 Å². The standard InChI is InChI=1S/C19H16BrN3O3/c20-15-6-8-17(26-12-13-4-2-1-3-5-13)14(10-15)11-21-18-9-7-16(19(24)25)22-23-18/h1-10H,11-12H2,(H,21,23)(H,24,25). The highest BCUT2D eigenvalue weighted by molar-refractivity contribution is 9.10. The van der Waals surface area contributed by atoms with Crippen LogP contribution >= 0.6 is 15.9 Å². The molecule has 0 fully saturated rings. The first-order valence-corrected chi connectivity index (χ1v) is 8.67. The summed E-state index contributed by atoms with van der Waals surface area (Å²) in [7, 11) is 0. The lowest BCUT2D eigenvalue weighted by molar-refractivity contribution is 0.0689. The highest BCUT2D eigenvalue weighted by Crippen LogP contribution is 2.25. The zero-order valence-electron chi connectivity index (χ0n) is 13.7. The number of aromatic carboxylic acids is 1. The Morgan fingerprint density at radius 1 is 1.08 bits per heavy atom. The van der Waals surface area contributed by atoms with Crippen LogP contribution in [0.2, 0.25) is 0 Å². The normalized spacial score (nSPS) is 10.3. The van der Waals surface area contributed by atoms with E-state index in [0.717, 1.165) is 21.3 Å². The summed E-state index contributed by atoms with van der Waals surface area (Å²) in [5.41, 5.74) is 1.94. The number of nitrogens with one attached hydrogen (secondary N) is 1. The molecule has 0 unspecified atom stereocenters. The summed E-state index contributed by atoms with van der Waals surface area (Å²) in [6, 6.07) is 18.7. The third kappa shape index (κ3) is 4.80.